The van der Waals surface area contributed by atoms with Gasteiger partial charge in [-0.2, -0.15) is 4.37 Å². The highest BCUT2D eigenvalue weighted by Gasteiger charge is 1.94. The van der Waals surface area contributed by atoms with E-state index in [0.717, 1.165) is 16.4 Å². The summed E-state index contributed by atoms with van der Waals surface area (Å²) >= 11 is 2.92. The first-order valence-corrected chi connectivity index (χ1v) is 4.52. The fraction of sp³-hybridized carbons (Fsp3) is 0.400. The summed E-state index contributed by atoms with van der Waals surface area (Å²) in [4.78, 5) is 13.8. The average Bonchev–Trinajstić information content (AvgIpc) is 2.41. The quantitative estimate of drug-likeness (QED) is 0.391. The van der Waals surface area contributed by atoms with E-state index >= 15 is 0 Å². The van der Waals surface area contributed by atoms with E-state index in [1.165, 1.54) is 17.9 Å². The van der Waals surface area contributed by atoms with Crippen LogP contribution in [0.4, 0.5) is 0 Å². The molecule has 0 amide bonds. The second kappa shape index (κ2) is 4.40. The van der Waals surface area contributed by atoms with E-state index in [-0.39, 0.29) is 0 Å². The van der Waals surface area contributed by atoms with Crippen LogP contribution in [0.3, 0.4) is 0 Å². The lowest BCUT2D eigenvalue weighted by atomic mass is 10.6. The molecule has 0 unspecified atom stereocenters. The Morgan fingerprint density at radius 2 is 2.70 bits per heavy atom. The summed E-state index contributed by atoms with van der Waals surface area (Å²) in [5.74, 6) is 0.804. The van der Waals surface area contributed by atoms with Crippen LogP contribution in [0.2, 0.25) is 0 Å². The van der Waals surface area contributed by atoms with Gasteiger partial charge < -0.3 is 4.79 Å². The summed E-state index contributed by atoms with van der Waals surface area (Å²) in [5.41, 5.74) is 0. The first-order valence-electron chi connectivity index (χ1n) is 2.76. The zero-order chi connectivity index (χ0) is 7.23. The summed E-state index contributed by atoms with van der Waals surface area (Å²) in [6, 6.07) is 0. The van der Waals surface area contributed by atoms with E-state index in [1.807, 2.05) is 0 Å². The van der Waals surface area contributed by atoms with Crippen LogP contribution in [0.1, 0.15) is 6.42 Å². The second-order valence-corrected chi connectivity index (χ2v) is 3.63. The normalized spacial score (nSPS) is 9.60. The highest BCUT2D eigenvalue weighted by molar-refractivity contribution is 8.00. The topological polar surface area (TPSA) is 42.9 Å². The average molecular weight is 174 g/mol. The van der Waals surface area contributed by atoms with Crippen LogP contribution in [-0.4, -0.2) is 21.4 Å². The predicted octanol–water partition coefficient (Wildman–Crippen LogP) is 1.22. The smallest absolute Gasteiger partial charge is 0.169 e. The molecule has 0 fully saturated rings. The minimum Gasteiger partial charge on any atom is -0.303 e. The van der Waals surface area contributed by atoms with Crippen molar-refractivity contribution >= 4 is 29.6 Å². The molecule has 0 saturated carbocycles. The molecule has 0 aliphatic rings. The van der Waals surface area contributed by atoms with Gasteiger partial charge >= 0.3 is 0 Å². The van der Waals surface area contributed by atoms with Gasteiger partial charge in [-0.25, -0.2) is 4.98 Å². The van der Waals surface area contributed by atoms with E-state index in [9.17, 15) is 4.79 Å². The van der Waals surface area contributed by atoms with Crippen molar-refractivity contribution in [3.63, 3.8) is 0 Å². The van der Waals surface area contributed by atoms with Crippen molar-refractivity contribution in [3.05, 3.63) is 6.33 Å². The number of nitrogens with zero attached hydrogens (tertiary/aromatic N) is 2. The van der Waals surface area contributed by atoms with Crippen LogP contribution in [0.15, 0.2) is 10.7 Å². The third kappa shape index (κ3) is 2.45. The number of carbonyl (C=O) groups is 1. The van der Waals surface area contributed by atoms with Gasteiger partial charge in [-0.15, -0.1) is 0 Å². The molecule has 1 aromatic rings. The monoisotopic (exact) mass is 174 g/mol. The van der Waals surface area contributed by atoms with Crippen molar-refractivity contribution in [1.29, 1.82) is 0 Å². The van der Waals surface area contributed by atoms with Crippen LogP contribution >= 0.6 is 23.3 Å². The van der Waals surface area contributed by atoms with E-state index in [4.69, 9.17) is 0 Å². The molecule has 0 spiro atoms. The molecule has 54 valence electrons. The van der Waals surface area contributed by atoms with Crippen molar-refractivity contribution in [2.75, 3.05) is 5.75 Å². The SMILES string of the molecule is O=CCCSc1ncns1. The molecular weight excluding hydrogens is 168 g/mol. The molecule has 0 bridgehead atoms. The first-order chi connectivity index (χ1) is 4.93. The largest absolute Gasteiger partial charge is 0.303 e. The Labute approximate surface area is 67.0 Å². The van der Waals surface area contributed by atoms with E-state index in [1.54, 1.807) is 11.8 Å². The highest BCUT2D eigenvalue weighted by atomic mass is 32.2. The molecule has 0 aromatic carbocycles. The van der Waals surface area contributed by atoms with Gasteiger partial charge in [0.2, 0.25) is 0 Å². The Kier molecular flexibility index (Phi) is 3.38. The van der Waals surface area contributed by atoms with Crippen molar-refractivity contribution in [2.45, 2.75) is 10.8 Å². The van der Waals surface area contributed by atoms with Crippen LogP contribution in [0, 0.1) is 0 Å². The number of aldehydes is 1. The lowest BCUT2D eigenvalue weighted by Gasteiger charge is -1.87. The third-order valence-corrected chi connectivity index (χ3v) is 2.63. The summed E-state index contributed by atoms with van der Waals surface area (Å²) < 4.78 is 4.75. The molecule has 0 aliphatic heterocycles. The van der Waals surface area contributed by atoms with Gasteiger partial charge in [0, 0.05) is 12.2 Å². The molecule has 10 heavy (non-hydrogen) atoms. The molecule has 5 heteroatoms. The molecule has 1 rings (SSSR count). The van der Waals surface area contributed by atoms with Gasteiger partial charge in [0.05, 0.1) is 0 Å². The Morgan fingerprint density at radius 1 is 1.80 bits per heavy atom. The van der Waals surface area contributed by atoms with Gasteiger partial charge in [-0.05, 0) is 11.5 Å². The second-order valence-electron chi connectivity index (χ2n) is 1.51. The molecule has 0 saturated heterocycles. The zero-order valence-electron chi connectivity index (χ0n) is 5.19. The number of hydrogen-bond donors (Lipinski definition) is 0. The molecule has 1 aromatic heterocycles. The molecule has 0 radical (unpaired) electrons. The van der Waals surface area contributed by atoms with Crippen molar-refractivity contribution in [1.82, 2.24) is 9.36 Å². The maximum absolute atomic E-state index is 9.89. The van der Waals surface area contributed by atoms with Crippen LogP contribution in [0.25, 0.3) is 0 Å². The van der Waals surface area contributed by atoms with Crippen molar-refractivity contribution < 1.29 is 4.79 Å². The summed E-state index contributed by atoms with van der Waals surface area (Å²) in [6.07, 6.45) is 3.02. The van der Waals surface area contributed by atoms with Gasteiger partial charge in [0.15, 0.2) is 4.34 Å². The number of aromatic nitrogens is 2. The van der Waals surface area contributed by atoms with Gasteiger partial charge in [-0.3, -0.25) is 0 Å². The van der Waals surface area contributed by atoms with Gasteiger partial charge in [0.25, 0.3) is 0 Å². The number of carbonyl (C=O) groups excluding carboxylic acids is 1. The van der Waals surface area contributed by atoms with Crippen molar-refractivity contribution in [3.8, 4) is 0 Å². The Morgan fingerprint density at radius 3 is 3.30 bits per heavy atom. The van der Waals surface area contributed by atoms with E-state index in [2.05, 4.69) is 9.36 Å². The summed E-state index contributed by atoms with van der Waals surface area (Å²) in [5, 5.41) is 0. The fourth-order valence-corrected chi connectivity index (χ4v) is 1.80. The number of rotatable bonds is 4. The third-order valence-electron chi connectivity index (χ3n) is 0.802. The summed E-state index contributed by atoms with van der Waals surface area (Å²) in [6.45, 7) is 0. The molecule has 1 heterocycles. The van der Waals surface area contributed by atoms with Crippen molar-refractivity contribution in [2.24, 2.45) is 0 Å². The van der Waals surface area contributed by atoms with Crippen LogP contribution < -0.4 is 0 Å². The van der Waals surface area contributed by atoms with E-state index in [0.29, 0.717) is 6.42 Å². The Bertz CT molecular complexity index is 188. The van der Waals surface area contributed by atoms with E-state index < -0.39 is 0 Å². The molecule has 0 N–H and O–H groups in total. The Hall–Kier alpha value is -0.420. The molecule has 0 atom stereocenters. The lowest BCUT2D eigenvalue weighted by molar-refractivity contribution is -0.107. The fourth-order valence-electron chi connectivity index (χ4n) is 0.421. The Balaban J connectivity index is 2.21. The first kappa shape index (κ1) is 7.68. The maximum Gasteiger partial charge on any atom is 0.169 e. The number of hydrogen-bond acceptors (Lipinski definition) is 5. The minimum absolute atomic E-state index is 0.588. The van der Waals surface area contributed by atoms with Crippen LogP contribution in [-0.2, 0) is 4.79 Å². The predicted molar refractivity (Wildman–Crippen MR) is 41.3 cm³/mol. The minimum atomic E-state index is 0.588. The zero-order valence-corrected chi connectivity index (χ0v) is 6.82. The lowest BCUT2D eigenvalue weighted by Crippen LogP contribution is -1.78. The molecule has 0 aliphatic carbocycles. The highest BCUT2D eigenvalue weighted by Crippen LogP contribution is 2.17. The molecule has 3 nitrogen and oxygen atoms in total. The van der Waals surface area contributed by atoms with Gasteiger partial charge in [-0.1, -0.05) is 11.8 Å². The summed E-state index contributed by atoms with van der Waals surface area (Å²) in [7, 11) is 0. The standard InChI is InChI=1S/C5H6N2OS2/c8-2-1-3-9-5-6-4-7-10-5/h2,4H,1,3H2. The van der Waals surface area contributed by atoms with Gasteiger partial charge in [0.1, 0.15) is 12.6 Å². The maximum atomic E-state index is 9.89. The number of thioether (sulfide) groups is 1. The van der Waals surface area contributed by atoms with Crippen LogP contribution in [0.5, 0.6) is 0 Å². The molecular formula is C5H6N2OS2.